The number of hydrogen-bond acceptors (Lipinski definition) is 4. The van der Waals surface area contributed by atoms with Crippen LogP contribution < -0.4 is 16.4 Å². The number of aromatic nitrogens is 1. The van der Waals surface area contributed by atoms with Gasteiger partial charge in [0.2, 0.25) is 0 Å². The van der Waals surface area contributed by atoms with Crippen LogP contribution in [0.1, 0.15) is 51.5 Å². The van der Waals surface area contributed by atoms with Crippen molar-refractivity contribution in [3.63, 3.8) is 0 Å². The second kappa shape index (κ2) is 8.03. The number of fused-ring (bicyclic) bond motifs is 1. The maximum absolute atomic E-state index is 6.34. The van der Waals surface area contributed by atoms with E-state index in [1.54, 1.807) is 6.34 Å². The summed E-state index contributed by atoms with van der Waals surface area (Å²) in [7, 11) is 1.95. The topological polar surface area (TPSA) is 78.2 Å². The van der Waals surface area contributed by atoms with Crippen molar-refractivity contribution in [3.05, 3.63) is 23.5 Å². The summed E-state index contributed by atoms with van der Waals surface area (Å²) in [5.74, 6) is 1.43. The molecule has 2 aliphatic rings. The molecule has 0 radical (unpaired) electrons. The molecule has 122 valence electrons. The molecule has 3 rings (SSSR count). The maximum Gasteiger partial charge on any atom is 0.141 e. The van der Waals surface area contributed by atoms with E-state index in [0.29, 0.717) is 12.0 Å². The minimum absolute atomic E-state index is 0.528. The fourth-order valence-corrected chi connectivity index (χ4v) is 2.76. The van der Waals surface area contributed by atoms with Gasteiger partial charge in [0.1, 0.15) is 5.82 Å². The third-order valence-electron chi connectivity index (χ3n) is 4.31. The van der Waals surface area contributed by atoms with Crippen molar-refractivity contribution in [3.8, 4) is 0 Å². The maximum atomic E-state index is 6.34. The molecule has 0 amide bonds. The van der Waals surface area contributed by atoms with E-state index in [2.05, 4.69) is 34.5 Å². The van der Waals surface area contributed by atoms with Crippen molar-refractivity contribution in [2.45, 2.75) is 52.0 Å². The summed E-state index contributed by atoms with van der Waals surface area (Å²) in [5, 5.41) is 6.23. The lowest BCUT2D eigenvalue weighted by Gasteiger charge is -2.25. The number of nitrogens with zero attached hydrogens (tertiary/aromatic N) is 1. The molecule has 2 heterocycles. The minimum atomic E-state index is 0.528. The molecule has 0 spiro atoms. The summed E-state index contributed by atoms with van der Waals surface area (Å²) in [6.07, 6.45) is 10.00. The molecule has 0 bridgehead atoms. The summed E-state index contributed by atoms with van der Waals surface area (Å²) in [5.41, 5.74) is 9.47. The van der Waals surface area contributed by atoms with Gasteiger partial charge in [0.05, 0.1) is 12.0 Å². The van der Waals surface area contributed by atoms with Crippen molar-refractivity contribution in [1.82, 2.24) is 15.6 Å². The third kappa shape index (κ3) is 4.13. The number of H-pyrrole nitrogens is 1. The zero-order valence-corrected chi connectivity index (χ0v) is 13.9. The van der Waals surface area contributed by atoms with Gasteiger partial charge in [0, 0.05) is 29.4 Å². The van der Waals surface area contributed by atoms with Crippen molar-refractivity contribution < 1.29 is 0 Å². The summed E-state index contributed by atoms with van der Waals surface area (Å²) in [6.45, 7) is 4.22. The average Bonchev–Trinajstić information content (AvgIpc) is 3.04. The SMILES string of the molecule is CNC(C)C.N/C(=C1\NC=Nc2[nH]ccc21)C1CCCCC1. The lowest BCUT2D eigenvalue weighted by atomic mass is 9.85. The predicted octanol–water partition coefficient (Wildman–Crippen LogP) is 3.10. The monoisotopic (exact) mass is 303 g/mol. The van der Waals surface area contributed by atoms with E-state index in [0.717, 1.165) is 22.8 Å². The Labute approximate surface area is 133 Å². The van der Waals surface area contributed by atoms with Crippen molar-refractivity contribution in [2.75, 3.05) is 7.05 Å². The third-order valence-corrected chi connectivity index (χ3v) is 4.31. The van der Waals surface area contributed by atoms with E-state index in [-0.39, 0.29) is 0 Å². The first kappa shape index (κ1) is 16.6. The molecule has 0 aromatic carbocycles. The van der Waals surface area contributed by atoms with Crippen LogP contribution in [0.5, 0.6) is 0 Å². The largest absolute Gasteiger partial charge is 0.400 e. The first-order valence-electron chi connectivity index (χ1n) is 8.27. The molecule has 22 heavy (non-hydrogen) atoms. The number of allylic oxidation sites excluding steroid dienone is 1. The van der Waals surface area contributed by atoms with Gasteiger partial charge in [-0.05, 0) is 26.0 Å². The molecule has 1 aromatic rings. The number of aromatic amines is 1. The summed E-state index contributed by atoms with van der Waals surface area (Å²) in [4.78, 5) is 7.37. The Kier molecular flexibility index (Phi) is 6.07. The van der Waals surface area contributed by atoms with Crippen LogP contribution in [0.2, 0.25) is 0 Å². The van der Waals surface area contributed by atoms with Crippen molar-refractivity contribution >= 4 is 17.9 Å². The number of aliphatic imine (C=N–C) groups is 1. The smallest absolute Gasteiger partial charge is 0.141 e. The van der Waals surface area contributed by atoms with Crippen LogP contribution in [0.15, 0.2) is 23.0 Å². The summed E-state index contributed by atoms with van der Waals surface area (Å²) in [6, 6.07) is 2.67. The van der Waals surface area contributed by atoms with Crippen LogP contribution in [-0.2, 0) is 0 Å². The predicted molar refractivity (Wildman–Crippen MR) is 94.0 cm³/mol. The molecule has 0 saturated heterocycles. The van der Waals surface area contributed by atoms with Gasteiger partial charge >= 0.3 is 0 Å². The van der Waals surface area contributed by atoms with E-state index in [4.69, 9.17) is 5.73 Å². The Hall–Kier alpha value is -1.75. The number of hydrogen-bond donors (Lipinski definition) is 4. The molecule has 1 aliphatic carbocycles. The second-order valence-electron chi connectivity index (χ2n) is 6.25. The normalized spacial score (nSPS) is 20.0. The molecule has 1 aromatic heterocycles. The highest BCUT2D eigenvalue weighted by Crippen LogP contribution is 2.33. The van der Waals surface area contributed by atoms with Gasteiger partial charge in [-0.2, -0.15) is 0 Å². The Balaban J connectivity index is 0.000000309. The van der Waals surface area contributed by atoms with Crippen LogP contribution in [-0.4, -0.2) is 24.4 Å². The molecule has 0 unspecified atom stereocenters. The van der Waals surface area contributed by atoms with Gasteiger partial charge in [-0.1, -0.05) is 33.1 Å². The van der Waals surface area contributed by atoms with Gasteiger partial charge in [0.25, 0.3) is 0 Å². The molecule has 0 atom stereocenters. The van der Waals surface area contributed by atoms with Crippen molar-refractivity contribution in [2.24, 2.45) is 16.6 Å². The highest BCUT2D eigenvalue weighted by atomic mass is 15.0. The van der Waals surface area contributed by atoms with Crippen LogP contribution in [0.25, 0.3) is 5.70 Å². The van der Waals surface area contributed by atoms with Gasteiger partial charge in [-0.15, -0.1) is 0 Å². The lowest BCUT2D eigenvalue weighted by Crippen LogP contribution is -2.24. The van der Waals surface area contributed by atoms with Gasteiger partial charge < -0.3 is 21.4 Å². The minimum Gasteiger partial charge on any atom is -0.400 e. The highest BCUT2D eigenvalue weighted by molar-refractivity contribution is 5.87. The van der Waals surface area contributed by atoms with Gasteiger partial charge in [0.15, 0.2) is 0 Å². The Morgan fingerprint density at radius 3 is 2.64 bits per heavy atom. The molecule has 5 heteroatoms. The molecular weight excluding hydrogens is 274 g/mol. The summed E-state index contributed by atoms with van der Waals surface area (Å²) >= 11 is 0. The molecule has 1 fully saturated rings. The fraction of sp³-hybridized carbons (Fsp3) is 0.588. The molecule has 1 aliphatic heterocycles. The average molecular weight is 303 g/mol. The first-order chi connectivity index (χ1) is 10.6. The van der Waals surface area contributed by atoms with E-state index in [1.807, 2.05) is 19.3 Å². The lowest BCUT2D eigenvalue weighted by molar-refractivity contribution is 0.400. The Morgan fingerprint density at radius 2 is 2.00 bits per heavy atom. The zero-order chi connectivity index (χ0) is 15.9. The molecular formula is C17H29N5. The first-order valence-corrected chi connectivity index (χ1v) is 8.27. The Bertz CT molecular complexity index is 521. The van der Waals surface area contributed by atoms with Crippen LogP contribution in [0.4, 0.5) is 5.82 Å². The molecule has 5 nitrogen and oxygen atoms in total. The molecule has 5 N–H and O–H groups in total. The Morgan fingerprint density at radius 1 is 1.32 bits per heavy atom. The molecule has 1 saturated carbocycles. The van der Waals surface area contributed by atoms with Crippen LogP contribution in [0.3, 0.4) is 0 Å². The number of rotatable bonds is 2. The standard InChI is InChI=1S/C13H18N4.C4H11N/c14-11(9-4-2-1-3-5-9)12-10-6-7-15-13(10)17-8-16-12;1-4(2)5-3/h6-9,15H,1-5,14H2,(H,16,17);4-5H,1-3H3/b12-11-;. The number of nitrogens with two attached hydrogens (primary N) is 1. The second-order valence-corrected chi connectivity index (χ2v) is 6.25. The van der Waals surface area contributed by atoms with E-state index in [9.17, 15) is 0 Å². The van der Waals surface area contributed by atoms with Gasteiger partial charge in [-0.3, -0.25) is 0 Å². The van der Waals surface area contributed by atoms with Crippen LogP contribution in [0, 0.1) is 5.92 Å². The zero-order valence-electron chi connectivity index (χ0n) is 13.9. The van der Waals surface area contributed by atoms with Crippen molar-refractivity contribution in [1.29, 1.82) is 0 Å². The number of nitrogens with one attached hydrogen (secondary N) is 3. The quantitative estimate of drug-likeness (QED) is 0.678. The van der Waals surface area contributed by atoms with E-state index in [1.165, 1.54) is 32.1 Å². The van der Waals surface area contributed by atoms with E-state index < -0.39 is 0 Å². The highest BCUT2D eigenvalue weighted by Gasteiger charge is 2.22. The fourth-order valence-electron chi connectivity index (χ4n) is 2.76. The van der Waals surface area contributed by atoms with Crippen LogP contribution >= 0.6 is 0 Å². The van der Waals surface area contributed by atoms with E-state index >= 15 is 0 Å². The summed E-state index contributed by atoms with van der Waals surface area (Å²) < 4.78 is 0. The van der Waals surface area contributed by atoms with Gasteiger partial charge in [-0.25, -0.2) is 4.99 Å².